The van der Waals surface area contributed by atoms with Gasteiger partial charge in [-0.25, -0.2) is 10.4 Å². The minimum Gasteiger partial charge on any atom is -0.488 e. The number of hydrazone groups is 1. The highest BCUT2D eigenvalue weighted by Gasteiger charge is 2.03. The molecule has 0 amide bonds. The zero-order valence-electron chi connectivity index (χ0n) is 15.0. The molecule has 5 nitrogen and oxygen atoms in total. The lowest BCUT2D eigenvalue weighted by Gasteiger charge is -2.09. The maximum absolute atomic E-state index is 5.97. The molecule has 4 aromatic rings. The number of fused-ring (bicyclic) bond motifs is 1. The van der Waals surface area contributed by atoms with Crippen LogP contribution in [0.1, 0.15) is 16.7 Å². The van der Waals surface area contributed by atoms with E-state index in [1.807, 2.05) is 48.5 Å². The molecule has 3 aromatic carbocycles. The van der Waals surface area contributed by atoms with Gasteiger partial charge in [0.05, 0.1) is 17.2 Å². The number of aryl methyl sites for hydroxylation is 1. The first-order valence-corrected chi connectivity index (χ1v) is 8.79. The molecule has 0 aliphatic heterocycles. The second kappa shape index (κ2) is 7.74. The summed E-state index contributed by atoms with van der Waals surface area (Å²) in [6, 6.07) is 24.0. The second-order valence-corrected chi connectivity index (χ2v) is 6.28. The minimum atomic E-state index is 0.516. The fourth-order valence-electron chi connectivity index (χ4n) is 2.73. The van der Waals surface area contributed by atoms with E-state index in [0.29, 0.717) is 12.6 Å². The normalized spacial score (nSPS) is 11.1. The molecule has 0 atom stereocenters. The highest BCUT2D eigenvalue weighted by molar-refractivity contribution is 5.84. The Labute approximate surface area is 157 Å². The summed E-state index contributed by atoms with van der Waals surface area (Å²) in [6.07, 6.45) is 1.73. The van der Waals surface area contributed by atoms with E-state index < -0.39 is 0 Å². The van der Waals surface area contributed by atoms with Gasteiger partial charge in [0.15, 0.2) is 0 Å². The summed E-state index contributed by atoms with van der Waals surface area (Å²) in [4.78, 5) is 7.62. The van der Waals surface area contributed by atoms with Crippen LogP contribution in [0.4, 0.5) is 5.95 Å². The molecule has 0 spiro atoms. The largest absolute Gasteiger partial charge is 0.488 e. The molecule has 0 saturated heterocycles. The number of benzene rings is 3. The highest BCUT2D eigenvalue weighted by Crippen LogP contribution is 2.18. The molecule has 134 valence electrons. The van der Waals surface area contributed by atoms with Crippen LogP contribution in [0.3, 0.4) is 0 Å². The predicted molar refractivity (Wildman–Crippen MR) is 109 cm³/mol. The van der Waals surface area contributed by atoms with Gasteiger partial charge in [0.1, 0.15) is 12.4 Å². The van der Waals surface area contributed by atoms with Crippen molar-refractivity contribution in [3.63, 3.8) is 0 Å². The fourth-order valence-corrected chi connectivity index (χ4v) is 2.73. The smallest absolute Gasteiger partial charge is 0.222 e. The second-order valence-electron chi connectivity index (χ2n) is 6.28. The van der Waals surface area contributed by atoms with Gasteiger partial charge in [0.2, 0.25) is 5.95 Å². The molecular weight excluding hydrogens is 336 g/mol. The maximum atomic E-state index is 5.97. The lowest BCUT2D eigenvalue weighted by Crippen LogP contribution is -1.99. The first kappa shape index (κ1) is 16.8. The fraction of sp³-hybridized carbons (Fsp3) is 0.0909. The Morgan fingerprint density at radius 3 is 2.63 bits per heavy atom. The van der Waals surface area contributed by atoms with E-state index in [0.717, 1.165) is 27.9 Å². The number of H-pyrrole nitrogens is 1. The van der Waals surface area contributed by atoms with Crippen LogP contribution in [0.2, 0.25) is 0 Å². The molecule has 0 saturated carbocycles. The zero-order valence-corrected chi connectivity index (χ0v) is 15.0. The number of aromatic nitrogens is 2. The van der Waals surface area contributed by atoms with Crippen molar-refractivity contribution >= 4 is 23.2 Å². The van der Waals surface area contributed by atoms with Gasteiger partial charge in [-0.05, 0) is 36.8 Å². The molecule has 0 aliphatic rings. The Kier molecular flexibility index (Phi) is 4.83. The average molecular weight is 356 g/mol. The monoisotopic (exact) mass is 356 g/mol. The third-order valence-corrected chi connectivity index (χ3v) is 4.20. The van der Waals surface area contributed by atoms with Gasteiger partial charge in [0.25, 0.3) is 0 Å². The minimum absolute atomic E-state index is 0.516. The van der Waals surface area contributed by atoms with Crippen LogP contribution in [0, 0.1) is 6.92 Å². The van der Waals surface area contributed by atoms with E-state index in [1.165, 1.54) is 5.56 Å². The SMILES string of the molecule is Cc1ccc(COc2ccccc2/C=N\Nc2nc3ccccc3[nH]2)cc1. The van der Waals surface area contributed by atoms with Crippen LogP contribution in [-0.2, 0) is 6.61 Å². The number of imidazole rings is 1. The van der Waals surface area contributed by atoms with E-state index in [-0.39, 0.29) is 0 Å². The summed E-state index contributed by atoms with van der Waals surface area (Å²) in [5.41, 5.74) is 8.07. The van der Waals surface area contributed by atoms with Crippen LogP contribution in [0.15, 0.2) is 77.9 Å². The molecule has 0 radical (unpaired) electrons. The quantitative estimate of drug-likeness (QED) is 0.382. The van der Waals surface area contributed by atoms with Crippen molar-refractivity contribution in [3.8, 4) is 5.75 Å². The van der Waals surface area contributed by atoms with Gasteiger partial charge < -0.3 is 9.72 Å². The standard InChI is InChI=1S/C22H20N4O/c1-16-10-12-17(13-11-16)15-27-21-9-5-2-6-18(21)14-23-26-22-24-19-7-3-4-8-20(19)25-22/h2-14H,15H2,1H3,(H2,24,25,26)/b23-14-. The number of nitrogens with zero attached hydrogens (tertiary/aromatic N) is 2. The molecule has 2 N–H and O–H groups in total. The summed E-state index contributed by atoms with van der Waals surface area (Å²) < 4.78 is 5.97. The summed E-state index contributed by atoms with van der Waals surface area (Å²) in [5, 5.41) is 4.29. The number of hydrogen-bond donors (Lipinski definition) is 2. The number of para-hydroxylation sites is 3. The first-order chi connectivity index (χ1) is 13.3. The van der Waals surface area contributed by atoms with Crippen LogP contribution in [-0.4, -0.2) is 16.2 Å². The van der Waals surface area contributed by atoms with Gasteiger partial charge in [-0.15, -0.1) is 0 Å². The third kappa shape index (κ3) is 4.15. The van der Waals surface area contributed by atoms with Gasteiger partial charge >= 0.3 is 0 Å². The number of rotatable bonds is 6. The van der Waals surface area contributed by atoms with E-state index in [1.54, 1.807) is 6.21 Å². The highest BCUT2D eigenvalue weighted by atomic mass is 16.5. The molecular formula is C22H20N4O. The summed E-state index contributed by atoms with van der Waals surface area (Å²) in [7, 11) is 0. The van der Waals surface area contributed by atoms with Crippen molar-refractivity contribution in [2.24, 2.45) is 5.10 Å². The lowest BCUT2D eigenvalue weighted by atomic mass is 10.1. The van der Waals surface area contributed by atoms with Crippen molar-refractivity contribution in [1.82, 2.24) is 9.97 Å². The Morgan fingerprint density at radius 1 is 1.00 bits per heavy atom. The van der Waals surface area contributed by atoms with Gasteiger partial charge in [0, 0.05) is 5.56 Å². The molecule has 1 heterocycles. The number of ether oxygens (including phenoxy) is 1. The Morgan fingerprint density at radius 2 is 1.78 bits per heavy atom. The summed E-state index contributed by atoms with van der Waals surface area (Å²) >= 11 is 0. The number of nitrogens with one attached hydrogen (secondary N) is 2. The van der Waals surface area contributed by atoms with E-state index in [4.69, 9.17) is 4.74 Å². The summed E-state index contributed by atoms with van der Waals surface area (Å²) in [6.45, 7) is 2.59. The number of anilines is 1. The van der Waals surface area contributed by atoms with E-state index in [9.17, 15) is 0 Å². The Balaban J connectivity index is 1.43. The van der Waals surface area contributed by atoms with E-state index in [2.05, 4.69) is 51.7 Å². The molecule has 0 aliphatic carbocycles. The topological polar surface area (TPSA) is 62.3 Å². The predicted octanol–water partition coefficient (Wildman–Crippen LogP) is 4.90. The average Bonchev–Trinajstić information content (AvgIpc) is 3.11. The van der Waals surface area contributed by atoms with Crippen molar-refractivity contribution in [1.29, 1.82) is 0 Å². The van der Waals surface area contributed by atoms with Crippen molar-refractivity contribution in [2.45, 2.75) is 13.5 Å². The molecule has 0 fully saturated rings. The molecule has 1 aromatic heterocycles. The third-order valence-electron chi connectivity index (χ3n) is 4.20. The van der Waals surface area contributed by atoms with Crippen molar-refractivity contribution in [3.05, 3.63) is 89.5 Å². The van der Waals surface area contributed by atoms with E-state index >= 15 is 0 Å². The number of aromatic amines is 1. The Bertz CT molecular complexity index is 1030. The molecule has 4 rings (SSSR count). The van der Waals surface area contributed by atoms with Crippen LogP contribution in [0.25, 0.3) is 11.0 Å². The van der Waals surface area contributed by atoms with Gasteiger partial charge in [-0.2, -0.15) is 5.10 Å². The summed E-state index contributed by atoms with van der Waals surface area (Å²) in [5.74, 6) is 1.39. The Hall–Kier alpha value is -3.60. The van der Waals surface area contributed by atoms with Crippen molar-refractivity contribution < 1.29 is 4.74 Å². The first-order valence-electron chi connectivity index (χ1n) is 8.79. The molecule has 27 heavy (non-hydrogen) atoms. The molecule has 0 bridgehead atoms. The van der Waals surface area contributed by atoms with Crippen LogP contribution >= 0.6 is 0 Å². The molecule has 5 heteroatoms. The number of hydrogen-bond acceptors (Lipinski definition) is 4. The lowest BCUT2D eigenvalue weighted by molar-refractivity contribution is 0.306. The van der Waals surface area contributed by atoms with Crippen molar-refractivity contribution in [2.75, 3.05) is 5.43 Å². The zero-order chi connectivity index (χ0) is 18.5. The van der Waals surface area contributed by atoms with Crippen LogP contribution in [0.5, 0.6) is 5.75 Å². The van der Waals surface area contributed by atoms with Gasteiger partial charge in [-0.3, -0.25) is 0 Å². The van der Waals surface area contributed by atoms with Crippen LogP contribution < -0.4 is 10.2 Å². The maximum Gasteiger partial charge on any atom is 0.222 e. The molecule has 0 unspecified atom stereocenters. The van der Waals surface area contributed by atoms with Gasteiger partial charge in [-0.1, -0.05) is 54.1 Å².